The minimum atomic E-state index is -0.577. The molecule has 3 nitrogen and oxygen atoms in total. The highest BCUT2D eigenvalue weighted by molar-refractivity contribution is 5.76. The molecule has 0 aromatic carbocycles. The summed E-state index contributed by atoms with van der Waals surface area (Å²) in [6.45, 7) is 7.48. The van der Waals surface area contributed by atoms with Crippen LogP contribution in [0.3, 0.4) is 0 Å². The van der Waals surface area contributed by atoms with Gasteiger partial charge >= 0.3 is 0 Å². The van der Waals surface area contributed by atoms with E-state index in [-0.39, 0.29) is 5.78 Å². The van der Waals surface area contributed by atoms with E-state index in [0.29, 0.717) is 12.5 Å². The molecule has 1 aliphatic rings. The summed E-state index contributed by atoms with van der Waals surface area (Å²) in [7, 11) is 0. The van der Waals surface area contributed by atoms with Gasteiger partial charge in [-0.2, -0.15) is 0 Å². The van der Waals surface area contributed by atoms with Gasteiger partial charge in [-0.15, -0.1) is 0 Å². The lowest BCUT2D eigenvalue weighted by Gasteiger charge is -2.40. The van der Waals surface area contributed by atoms with Crippen LogP contribution >= 0.6 is 0 Å². The van der Waals surface area contributed by atoms with E-state index in [4.69, 9.17) is 0 Å². The van der Waals surface area contributed by atoms with Crippen molar-refractivity contribution >= 4 is 5.78 Å². The average Bonchev–Trinajstić information content (AvgIpc) is 2.31. The first-order valence-electron chi connectivity index (χ1n) is 6.96. The molecular formula is C14H27NO2. The number of β-amino-alcohol motifs (C(OH)–C–C–N with tert-alkyl or cyclic N) is 1. The molecule has 0 amide bonds. The number of carbonyl (C=O) groups excluding carboxylic acids is 1. The van der Waals surface area contributed by atoms with Crippen molar-refractivity contribution in [2.75, 3.05) is 13.1 Å². The Labute approximate surface area is 105 Å². The van der Waals surface area contributed by atoms with Crippen LogP contribution in [0.4, 0.5) is 0 Å². The van der Waals surface area contributed by atoms with Crippen molar-refractivity contribution in [2.45, 2.75) is 70.9 Å². The molecule has 0 radical (unpaired) electrons. The molecule has 1 fully saturated rings. The summed E-state index contributed by atoms with van der Waals surface area (Å²) in [6.07, 6.45) is 5.72. The van der Waals surface area contributed by atoms with Crippen LogP contribution in [0, 0.1) is 0 Å². The topological polar surface area (TPSA) is 40.5 Å². The highest BCUT2D eigenvalue weighted by Crippen LogP contribution is 2.24. The van der Waals surface area contributed by atoms with Crippen LogP contribution in [0.2, 0.25) is 0 Å². The van der Waals surface area contributed by atoms with E-state index >= 15 is 0 Å². The van der Waals surface area contributed by atoms with E-state index < -0.39 is 5.60 Å². The number of hydrogen-bond acceptors (Lipinski definition) is 3. The molecule has 17 heavy (non-hydrogen) atoms. The summed E-state index contributed by atoms with van der Waals surface area (Å²) in [5.41, 5.74) is -0.577. The summed E-state index contributed by atoms with van der Waals surface area (Å²) in [4.78, 5) is 13.6. The van der Waals surface area contributed by atoms with E-state index in [1.807, 2.05) is 13.8 Å². The summed E-state index contributed by atoms with van der Waals surface area (Å²) in [5, 5.41) is 10.4. The molecule has 3 heteroatoms. The van der Waals surface area contributed by atoms with Crippen molar-refractivity contribution in [2.24, 2.45) is 0 Å². The van der Waals surface area contributed by atoms with Crippen LogP contribution in [0.15, 0.2) is 0 Å². The highest BCUT2D eigenvalue weighted by Gasteiger charge is 2.31. The number of carbonyl (C=O) groups is 1. The smallest absolute Gasteiger partial charge is 0.131 e. The summed E-state index contributed by atoms with van der Waals surface area (Å²) in [5.74, 6) is 0.262. The second-order valence-electron chi connectivity index (χ2n) is 5.46. The summed E-state index contributed by atoms with van der Waals surface area (Å²) < 4.78 is 0. The number of aliphatic hydroxyl groups is 1. The number of hydrogen-bond donors (Lipinski definition) is 1. The minimum absolute atomic E-state index is 0.262. The van der Waals surface area contributed by atoms with Crippen LogP contribution in [0.5, 0.6) is 0 Å². The molecule has 1 atom stereocenters. The highest BCUT2D eigenvalue weighted by atomic mass is 16.3. The maximum absolute atomic E-state index is 11.3. The van der Waals surface area contributed by atoms with Crippen LogP contribution in [-0.4, -0.2) is 40.5 Å². The lowest BCUT2D eigenvalue weighted by molar-refractivity contribution is -0.119. The lowest BCUT2D eigenvalue weighted by atomic mass is 9.92. The quantitative estimate of drug-likeness (QED) is 0.776. The molecule has 0 aliphatic carbocycles. The Balaban J connectivity index is 2.61. The molecule has 0 bridgehead atoms. The number of likely N-dealkylation sites (tertiary alicyclic amines) is 1. The second-order valence-corrected chi connectivity index (χ2v) is 5.46. The Morgan fingerprint density at radius 1 is 1.35 bits per heavy atom. The van der Waals surface area contributed by atoms with Crippen LogP contribution < -0.4 is 0 Å². The van der Waals surface area contributed by atoms with E-state index in [0.717, 1.165) is 32.4 Å². The van der Waals surface area contributed by atoms with Crippen molar-refractivity contribution in [3.63, 3.8) is 0 Å². The van der Waals surface area contributed by atoms with E-state index in [9.17, 15) is 9.90 Å². The van der Waals surface area contributed by atoms with Gasteiger partial charge in [0.05, 0.1) is 5.60 Å². The summed E-state index contributed by atoms with van der Waals surface area (Å²) >= 11 is 0. The minimum Gasteiger partial charge on any atom is -0.389 e. The largest absolute Gasteiger partial charge is 0.389 e. The first-order valence-corrected chi connectivity index (χ1v) is 6.96. The SMILES string of the molecule is CCC(O)(CC)CN1CCCCC1CC(C)=O. The fourth-order valence-electron chi connectivity index (χ4n) is 2.68. The molecule has 1 aliphatic heterocycles. The van der Waals surface area contributed by atoms with Crippen molar-refractivity contribution in [3.05, 3.63) is 0 Å². The second kappa shape index (κ2) is 6.50. The van der Waals surface area contributed by atoms with Crippen molar-refractivity contribution < 1.29 is 9.90 Å². The third-order valence-corrected chi connectivity index (χ3v) is 4.09. The van der Waals surface area contributed by atoms with Gasteiger partial charge in [0, 0.05) is 19.0 Å². The van der Waals surface area contributed by atoms with Gasteiger partial charge in [-0.1, -0.05) is 20.3 Å². The molecule has 1 heterocycles. The van der Waals surface area contributed by atoms with E-state index in [1.54, 1.807) is 6.92 Å². The molecule has 1 saturated heterocycles. The molecule has 1 unspecified atom stereocenters. The Hall–Kier alpha value is -0.410. The van der Waals surface area contributed by atoms with Crippen molar-refractivity contribution in [1.29, 1.82) is 0 Å². The third kappa shape index (κ3) is 4.40. The monoisotopic (exact) mass is 241 g/mol. The zero-order valence-corrected chi connectivity index (χ0v) is 11.5. The number of Topliss-reactive ketones (excluding diaryl/α,β-unsaturated/α-hetero) is 1. The van der Waals surface area contributed by atoms with Crippen LogP contribution in [0.1, 0.15) is 59.3 Å². The number of nitrogens with zero attached hydrogens (tertiary/aromatic N) is 1. The maximum atomic E-state index is 11.3. The standard InChI is InChI=1S/C14H27NO2/c1-4-14(17,5-2)11-15-9-7-6-8-13(15)10-12(3)16/h13,17H,4-11H2,1-3H3. The van der Waals surface area contributed by atoms with E-state index in [2.05, 4.69) is 4.90 Å². The first kappa shape index (κ1) is 14.7. The van der Waals surface area contributed by atoms with Crippen LogP contribution in [0.25, 0.3) is 0 Å². The van der Waals surface area contributed by atoms with Gasteiger partial charge in [0.25, 0.3) is 0 Å². The molecule has 0 saturated carbocycles. The Morgan fingerprint density at radius 3 is 2.53 bits per heavy atom. The van der Waals surface area contributed by atoms with E-state index in [1.165, 1.54) is 12.8 Å². The zero-order chi connectivity index (χ0) is 12.9. The van der Waals surface area contributed by atoms with Gasteiger partial charge < -0.3 is 5.11 Å². The van der Waals surface area contributed by atoms with Gasteiger partial charge in [0.1, 0.15) is 5.78 Å². The third-order valence-electron chi connectivity index (χ3n) is 4.09. The van der Waals surface area contributed by atoms with Crippen molar-refractivity contribution in [3.8, 4) is 0 Å². The van der Waals surface area contributed by atoms with Gasteiger partial charge in [-0.3, -0.25) is 9.69 Å². The number of ketones is 1. The molecule has 1 rings (SSSR count). The summed E-state index contributed by atoms with van der Waals surface area (Å²) in [6, 6.07) is 0.353. The molecular weight excluding hydrogens is 214 g/mol. The number of rotatable bonds is 6. The lowest BCUT2D eigenvalue weighted by Crippen LogP contribution is -2.49. The number of piperidine rings is 1. The Bertz CT molecular complexity index is 249. The Morgan fingerprint density at radius 2 is 2.00 bits per heavy atom. The molecule has 0 aromatic heterocycles. The molecule has 100 valence electrons. The fraction of sp³-hybridized carbons (Fsp3) is 0.929. The van der Waals surface area contributed by atoms with Crippen LogP contribution in [-0.2, 0) is 4.79 Å². The predicted octanol–water partition coefficient (Wildman–Crippen LogP) is 2.37. The van der Waals surface area contributed by atoms with Gasteiger partial charge in [0.15, 0.2) is 0 Å². The van der Waals surface area contributed by atoms with Crippen molar-refractivity contribution in [1.82, 2.24) is 4.90 Å². The zero-order valence-electron chi connectivity index (χ0n) is 11.5. The average molecular weight is 241 g/mol. The van der Waals surface area contributed by atoms with Gasteiger partial charge in [-0.05, 0) is 39.2 Å². The Kier molecular flexibility index (Phi) is 5.60. The van der Waals surface area contributed by atoms with Gasteiger partial charge in [0.2, 0.25) is 0 Å². The molecule has 1 N–H and O–H groups in total. The molecule has 0 spiro atoms. The van der Waals surface area contributed by atoms with Gasteiger partial charge in [-0.25, -0.2) is 0 Å². The fourth-order valence-corrected chi connectivity index (χ4v) is 2.68. The molecule has 0 aromatic rings. The normalized spacial score (nSPS) is 22.7. The maximum Gasteiger partial charge on any atom is 0.131 e. The first-order chi connectivity index (χ1) is 8.00. The predicted molar refractivity (Wildman–Crippen MR) is 70.0 cm³/mol.